The summed E-state index contributed by atoms with van der Waals surface area (Å²) in [6, 6.07) is 0.366. The van der Waals surface area contributed by atoms with Crippen LogP contribution in [0.25, 0.3) is 0 Å². The van der Waals surface area contributed by atoms with Gasteiger partial charge >= 0.3 is 0 Å². The molecule has 0 unspecified atom stereocenters. The summed E-state index contributed by atoms with van der Waals surface area (Å²) in [5.74, 6) is 0.671. The predicted octanol–water partition coefficient (Wildman–Crippen LogP) is 1.92. The van der Waals surface area contributed by atoms with Crippen LogP contribution in [0, 0.1) is 5.92 Å². The lowest BCUT2D eigenvalue weighted by Gasteiger charge is -2.29. The summed E-state index contributed by atoms with van der Waals surface area (Å²) in [5, 5.41) is 2.95. The maximum absolute atomic E-state index is 11.0. The van der Waals surface area contributed by atoms with Gasteiger partial charge in [0.25, 0.3) is 0 Å². The van der Waals surface area contributed by atoms with Crippen LogP contribution in [-0.2, 0) is 4.79 Å². The quantitative estimate of drug-likeness (QED) is 0.661. The zero-order valence-corrected chi connectivity index (χ0v) is 8.23. The Bertz CT molecular complexity index is 161. The summed E-state index contributed by atoms with van der Waals surface area (Å²) in [6.07, 6.45) is 4.88. The monoisotopic (exact) mass is 189 g/mol. The van der Waals surface area contributed by atoms with Crippen LogP contribution < -0.4 is 5.32 Å². The molecule has 1 aliphatic carbocycles. The number of rotatable bonds is 2. The fraction of sp³-hybridized carbons (Fsp3) is 0.889. The molecule has 1 rings (SSSR count). The smallest absolute Gasteiger partial charge is 0.235 e. The zero-order chi connectivity index (χ0) is 8.97. The molecule has 0 aliphatic heterocycles. The molecule has 1 saturated carbocycles. The Labute approximate surface area is 78.7 Å². The third kappa shape index (κ3) is 2.67. The second kappa shape index (κ2) is 4.70. The lowest BCUT2D eigenvalue weighted by molar-refractivity contribution is -0.119. The van der Waals surface area contributed by atoms with Gasteiger partial charge in [-0.1, -0.05) is 19.8 Å². The van der Waals surface area contributed by atoms with Crippen molar-refractivity contribution < 1.29 is 4.79 Å². The standard InChI is InChI=1S/C9H16ClNO/c1-7-4-2-3-5-8(7)11-9(12)6-10/h7-8H,2-6H2,1H3,(H,11,12)/t7-,8+/m0/s1. The maximum Gasteiger partial charge on any atom is 0.235 e. The minimum absolute atomic E-state index is 0.0320. The van der Waals surface area contributed by atoms with E-state index in [1.807, 2.05) is 0 Å². The van der Waals surface area contributed by atoms with Gasteiger partial charge in [0.2, 0.25) is 5.91 Å². The van der Waals surface area contributed by atoms with E-state index in [1.165, 1.54) is 19.3 Å². The Morgan fingerprint density at radius 2 is 2.17 bits per heavy atom. The summed E-state index contributed by atoms with van der Waals surface area (Å²) in [6.45, 7) is 2.19. The number of hydrogen-bond acceptors (Lipinski definition) is 1. The average molecular weight is 190 g/mol. The summed E-state index contributed by atoms with van der Waals surface area (Å²) in [4.78, 5) is 11.0. The molecule has 2 atom stereocenters. The SMILES string of the molecule is C[C@H]1CCCC[C@H]1NC(=O)CCl. The Kier molecular flexibility index (Phi) is 3.86. The van der Waals surface area contributed by atoms with E-state index in [1.54, 1.807) is 0 Å². The molecule has 3 heteroatoms. The second-order valence-electron chi connectivity index (χ2n) is 3.57. The van der Waals surface area contributed by atoms with Crippen LogP contribution in [0.3, 0.4) is 0 Å². The van der Waals surface area contributed by atoms with Gasteiger partial charge in [0.15, 0.2) is 0 Å². The summed E-state index contributed by atoms with van der Waals surface area (Å²) >= 11 is 5.41. The summed E-state index contributed by atoms with van der Waals surface area (Å²) in [5.41, 5.74) is 0. The minimum atomic E-state index is -0.0320. The first-order chi connectivity index (χ1) is 5.74. The molecule has 0 aromatic rings. The zero-order valence-electron chi connectivity index (χ0n) is 7.48. The van der Waals surface area contributed by atoms with Gasteiger partial charge in [0.05, 0.1) is 0 Å². The van der Waals surface area contributed by atoms with E-state index in [0.29, 0.717) is 12.0 Å². The minimum Gasteiger partial charge on any atom is -0.352 e. The number of carbonyl (C=O) groups excluding carboxylic acids is 1. The molecule has 0 aromatic heterocycles. The van der Waals surface area contributed by atoms with E-state index < -0.39 is 0 Å². The third-order valence-corrected chi connectivity index (χ3v) is 2.82. The van der Waals surface area contributed by atoms with Gasteiger partial charge in [-0.15, -0.1) is 11.6 Å². The number of halogens is 1. The van der Waals surface area contributed by atoms with Crippen LogP contribution in [0.1, 0.15) is 32.6 Å². The first-order valence-corrected chi connectivity index (χ1v) is 5.13. The predicted molar refractivity (Wildman–Crippen MR) is 50.3 cm³/mol. The number of hydrogen-bond donors (Lipinski definition) is 1. The lowest BCUT2D eigenvalue weighted by atomic mass is 9.86. The van der Waals surface area contributed by atoms with Gasteiger partial charge < -0.3 is 5.32 Å². The second-order valence-corrected chi connectivity index (χ2v) is 3.84. The van der Waals surface area contributed by atoms with Crippen molar-refractivity contribution >= 4 is 17.5 Å². The molecule has 2 nitrogen and oxygen atoms in total. The van der Waals surface area contributed by atoms with Crippen molar-refractivity contribution in [2.45, 2.75) is 38.6 Å². The van der Waals surface area contributed by atoms with Crippen molar-refractivity contribution in [1.82, 2.24) is 5.32 Å². The van der Waals surface area contributed by atoms with Crippen molar-refractivity contribution in [3.05, 3.63) is 0 Å². The molecule has 0 radical (unpaired) electrons. The highest BCUT2D eigenvalue weighted by atomic mass is 35.5. The van der Waals surface area contributed by atoms with E-state index in [0.717, 1.165) is 6.42 Å². The molecule has 0 spiro atoms. The average Bonchev–Trinajstić information content (AvgIpc) is 2.09. The van der Waals surface area contributed by atoms with Gasteiger partial charge in [-0.2, -0.15) is 0 Å². The molecule has 12 heavy (non-hydrogen) atoms. The Morgan fingerprint density at radius 3 is 2.75 bits per heavy atom. The highest BCUT2D eigenvalue weighted by Gasteiger charge is 2.21. The highest BCUT2D eigenvalue weighted by molar-refractivity contribution is 6.27. The molecule has 1 N–H and O–H groups in total. The molecule has 1 fully saturated rings. The van der Waals surface area contributed by atoms with Crippen molar-refractivity contribution in [3.63, 3.8) is 0 Å². The first kappa shape index (κ1) is 9.85. The number of nitrogens with one attached hydrogen (secondary N) is 1. The van der Waals surface area contributed by atoms with Gasteiger partial charge in [0.1, 0.15) is 5.88 Å². The van der Waals surface area contributed by atoms with Gasteiger partial charge in [-0.3, -0.25) is 4.79 Å². The molecule has 0 saturated heterocycles. The molecule has 1 aliphatic rings. The van der Waals surface area contributed by atoms with Crippen LogP contribution in [0.15, 0.2) is 0 Å². The molecule has 0 heterocycles. The first-order valence-electron chi connectivity index (χ1n) is 4.59. The number of carbonyl (C=O) groups is 1. The van der Waals surface area contributed by atoms with E-state index in [2.05, 4.69) is 12.2 Å². The number of amides is 1. The third-order valence-electron chi connectivity index (χ3n) is 2.58. The van der Waals surface area contributed by atoms with Crippen molar-refractivity contribution in [1.29, 1.82) is 0 Å². The molecule has 0 bridgehead atoms. The van der Waals surface area contributed by atoms with Crippen LogP contribution in [0.4, 0.5) is 0 Å². The maximum atomic E-state index is 11.0. The van der Waals surface area contributed by atoms with Crippen molar-refractivity contribution in [2.24, 2.45) is 5.92 Å². The van der Waals surface area contributed by atoms with Gasteiger partial charge in [-0.25, -0.2) is 0 Å². The molecular formula is C9H16ClNO. The summed E-state index contributed by atoms with van der Waals surface area (Å²) in [7, 11) is 0. The molecule has 1 amide bonds. The Morgan fingerprint density at radius 1 is 1.50 bits per heavy atom. The van der Waals surface area contributed by atoms with Crippen molar-refractivity contribution in [2.75, 3.05) is 5.88 Å². The fourth-order valence-electron chi connectivity index (χ4n) is 1.78. The van der Waals surface area contributed by atoms with E-state index >= 15 is 0 Å². The van der Waals surface area contributed by atoms with E-state index in [-0.39, 0.29) is 11.8 Å². The molecule has 70 valence electrons. The van der Waals surface area contributed by atoms with Crippen LogP contribution >= 0.6 is 11.6 Å². The summed E-state index contributed by atoms with van der Waals surface area (Å²) < 4.78 is 0. The normalized spacial score (nSPS) is 29.8. The van der Waals surface area contributed by atoms with Crippen LogP contribution in [0.5, 0.6) is 0 Å². The molecule has 0 aromatic carbocycles. The number of alkyl halides is 1. The van der Waals surface area contributed by atoms with Gasteiger partial charge in [-0.05, 0) is 18.8 Å². The lowest BCUT2D eigenvalue weighted by Crippen LogP contribution is -2.41. The van der Waals surface area contributed by atoms with Gasteiger partial charge in [0, 0.05) is 6.04 Å². The van der Waals surface area contributed by atoms with E-state index in [9.17, 15) is 4.79 Å². The highest BCUT2D eigenvalue weighted by Crippen LogP contribution is 2.23. The van der Waals surface area contributed by atoms with Crippen LogP contribution in [0.2, 0.25) is 0 Å². The fourth-order valence-corrected chi connectivity index (χ4v) is 1.85. The largest absolute Gasteiger partial charge is 0.352 e. The van der Waals surface area contributed by atoms with Crippen LogP contribution in [-0.4, -0.2) is 17.8 Å². The Hall–Kier alpha value is -0.240. The Balaban J connectivity index is 2.33. The topological polar surface area (TPSA) is 29.1 Å². The van der Waals surface area contributed by atoms with Crippen molar-refractivity contribution in [3.8, 4) is 0 Å². The molecular weight excluding hydrogens is 174 g/mol. The van der Waals surface area contributed by atoms with E-state index in [4.69, 9.17) is 11.6 Å².